The summed E-state index contributed by atoms with van der Waals surface area (Å²) in [7, 11) is 1.38. The topological polar surface area (TPSA) is 52.3 Å². The summed E-state index contributed by atoms with van der Waals surface area (Å²) in [5.74, 6) is -0.360. The summed E-state index contributed by atoms with van der Waals surface area (Å²) < 4.78 is 4.84. The standard InChI is InChI=1S/C17H21NO2S/c1-6-12-14(18)16(17(19)20-5)21-15(12)13-10(3)7-9(2)8-11(13)4/h7-8H,6,18H2,1-5H3. The number of esters is 1. The first-order chi connectivity index (χ1) is 9.90. The third kappa shape index (κ3) is 2.68. The zero-order valence-electron chi connectivity index (χ0n) is 13.2. The minimum absolute atomic E-state index is 0.360. The van der Waals surface area contributed by atoms with Crippen molar-refractivity contribution in [1.29, 1.82) is 0 Å². The number of nitrogen functional groups attached to an aromatic ring is 1. The molecule has 2 rings (SSSR count). The summed E-state index contributed by atoms with van der Waals surface area (Å²) in [5, 5.41) is 0. The van der Waals surface area contributed by atoms with Crippen LogP contribution in [0.5, 0.6) is 0 Å². The summed E-state index contributed by atoms with van der Waals surface area (Å²) in [6.45, 7) is 8.35. The summed E-state index contributed by atoms with van der Waals surface area (Å²) in [4.78, 5) is 13.5. The van der Waals surface area contributed by atoms with Crippen LogP contribution in [0, 0.1) is 20.8 Å². The lowest BCUT2D eigenvalue weighted by atomic mass is 9.95. The zero-order chi connectivity index (χ0) is 15.7. The number of ether oxygens (including phenoxy) is 1. The van der Waals surface area contributed by atoms with Gasteiger partial charge in [-0.2, -0.15) is 0 Å². The average Bonchev–Trinajstić information content (AvgIpc) is 2.73. The van der Waals surface area contributed by atoms with Gasteiger partial charge in [-0.3, -0.25) is 0 Å². The van der Waals surface area contributed by atoms with E-state index in [0.29, 0.717) is 10.6 Å². The molecule has 3 nitrogen and oxygen atoms in total. The van der Waals surface area contributed by atoms with Gasteiger partial charge in [-0.15, -0.1) is 11.3 Å². The van der Waals surface area contributed by atoms with Crippen molar-refractivity contribution in [3.8, 4) is 10.4 Å². The molecule has 1 heterocycles. The van der Waals surface area contributed by atoms with Gasteiger partial charge in [-0.05, 0) is 49.4 Å². The van der Waals surface area contributed by atoms with Gasteiger partial charge in [0, 0.05) is 4.88 Å². The Bertz CT molecular complexity index is 678. The number of hydrogen-bond donors (Lipinski definition) is 1. The third-order valence-electron chi connectivity index (χ3n) is 3.68. The van der Waals surface area contributed by atoms with Gasteiger partial charge in [0.05, 0.1) is 12.8 Å². The Hall–Kier alpha value is -1.81. The van der Waals surface area contributed by atoms with Gasteiger partial charge in [-0.1, -0.05) is 24.6 Å². The van der Waals surface area contributed by atoms with Crippen molar-refractivity contribution >= 4 is 23.0 Å². The maximum absolute atomic E-state index is 11.9. The van der Waals surface area contributed by atoms with Gasteiger partial charge in [0.25, 0.3) is 0 Å². The predicted octanol–water partition coefficient (Wildman–Crippen LogP) is 4.27. The molecule has 1 aromatic carbocycles. The lowest BCUT2D eigenvalue weighted by molar-refractivity contribution is 0.0607. The number of methoxy groups -OCH3 is 1. The van der Waals surface area contributed by atoms with E-state index < -0.39 is 0 Å². The van der Waals surface area contributed by atoms with Gasteiger partial charge in [-0.25, -0.2) is 4.79 Å². The fraction of sp³-hybridized carbons (Fsp3) is 0.353. The molecule has 0 bridgehead atoms. The van der Waals surface area contributed by atoms with Gasteiger partial charge in [0.15, 0.2) is 0 Å². The largest absolute Gasteiger partial charge is 0.465 e. The van der Waals surface area contributed by atoms with Crippen molar-refractivity contribution in [2.24, 2.45) is 0 Å². The van der Waals surface area contributed by atoms with Crippen LogP contribution in [0.4, 0.5) is 5.69 Å². The maximum Gasteiger partial charge on any atom is 0.350 e. The van der Waals surface area contributed by atoms with Gasteiger partial charge in [0.2, 0.25) is 0 Å². The minimum Gasteiger partial charge on any atom is -0.465 e. The van der Waals surface area contributed by atoms with E-state index >= 15 is 0 Å². The smallest absolute Gasteiger partial charge is 0.350 e. The normalized spacial score (nSPS) is 10.7. The summed E-state index contributed by atoms with van der Waals surface area (Å²) in [6.07, 6.45) is 0.793. The van der Waals surface area contributed by atoms with Crippen LogP contribution in [0.1, 0.15) is 38.8 Å². The number of thiophene rings is 1. The number of benzene rings is 1. The molecular weight excluding hydrogens is 282 g/mol. The molecule has 112 valence electrons. The molecule has 0 aliphatic carbocycles. The minimum atomic E-state index is -0.360. The van der Waals surface area contributed by atoms with Crippen molar-refractivity contribution in [3.63, 3.8) is 0 Å². The van der Waals surface area contributed by atoms with Crippen molar-refractivity contribution in [1.82, 2.24) is 0 Å². The molecule has 1 aromatic heterocycles. The van der Waals surface area contributed by atoms with E-state index in [2.05, 4.69) is 39.8 Å². The highest BCUT2D eigenvalue weighted by atomic mass is 32.1. The van der Waals surface area contributed by atoms with Crippen molar-refractivity contribution in [3.05, 3.63) is 39.3 Å². The number of hydrogen-bond acceptors (Lipinski definition) is 4. The first-order valence-electron chi connectivity index (χ1n) is 6.98. The van der Waals surface area contributed by atoms with E-state index in [1.165, 1.54) is 40.7 Å². The Morgan fingerprint density at radius 1 is 1.24 bits per heavy atom. The van der Waals surface area contributed by atoms with Crippen LogP contribution in [-0.4, -0.2) is 13.1 Å². The first kappa shape index (κ1) is 15.6. The highest BCUT2D eigenvalue weighted by Gasteiger charge is 2.23. The molecule has 0 saturated carbocycles. The number of carbonyl (C=O) groups is 1. The molecule has 2 aromatic rings. The molecule has 0 radical (unpaired) electrons. The van der Waals surface area contributed by atoms with E-state index in [1.807, 2.05) is 0 Å². The molecule has 0 atom stereocenters. The van der Waals surface area contributed by atoms with Gasteiger partial charge < -0.3 is 10.5 Å². The highest BCUT2D eigenvalue weighted by Crippen LogP contribution is 2.42. The van der Waals surface area contributed by atoms with E-state index in [4.69, 9.17) is 10.5 Å². The Kier molecular flexibility index (Phi) is 4.37. The molecule has 0 unspecified atom stereocenters. The van der Waals surface area contributed by atoms with Crippen LogP contribution >= 0.6 is 11.3 Å². The maximum atomic E-state index is 11.9. The Morgan fingerprint density at radius 2 is 1.81 bits per heavy atom. The summed E-state index contributed by atoms with van der Waals surface area (Å²) in [5.41, 5.74) is 12.6. The number of nitrogens with two attached hydrogens (primary N) is 1. The second-order valence-corrected chi connectivity index (χ2v) is 6.29. The predicted molar refractivity (Wildman–Crippen MR) is 89.1 cm³/mol. The van der Waals surface area contributed by atoms with E-state index in [-0.39, 0.29) is 5.97 Å². The fourth-order valence-corrected chi connectivity index (χ4v) is 4.22. The molecule has 21 heavy (non-hydrogen) atoms. The molecule has 0 fully saturated rings. The van der Waals surface area contributed by atoms with E-state index in [0.717, 1.165) is 16.9 Å². The molecule has 0 spiro atoms. The highest BCUT2D eigenvalue weighted by molar-refractivity contribution is 7.18. The molecule has 4 heteroatoms. The third-order valence-corrected chi connectivity index (χ3v) is 4.92. The molecule has 0 aliphatic rings. The lowest BCUT2D eigenvalue weighted by Gasteiger charge is -2.11. The van der Waals surface area contributed by atoms with E-state index in [9.17, 15) is 4.79 Å². The molecule has 0 saturated heterocycles. The van der Waals surface area contributed by atoms with Crippen LogP contribution in [0.25, 0.3) is 10.4 Å². The van der Waals surface area contributed by atoms with Gasteiger partial charge in [0.1, 0.15) is 4.88 Å². The van der Waals surface area contributed by atoms with Crippen molar-refractivity contribution in [2.75, 3.05) is 12.8 Å². The van der Waals surface area contributed by atoms with Gasteiger partial charge >= 0.3 is 5.97 Å². The monoisotopic (exact) mass is 303 g/mol. The Labute approximate surface area is 129 Å². The van der Waals surface area contributed by atoms with E-state index in [1.54, 1.807) is 0 Å². The SMILES string of the molecule is CCc1c(-c2c(C)cc(C)cc2C)sc(C(=O)OC)c1N. The second kappa shape index (κ2) is 5.90. The molecule has 0 amide bonds. The zero-order valence-corrected chi connectivity index (χ0v) is 14.0. The summed E-state index contributed by atoms with van der Waals surface area (Å²) in [6, 6.07) is 4.32. The molecular formula is C17H21NO2S. The van der Waals surface area contributed by atoms with Crippen LogP contribution in [0.3, 0.4) is 0 Å². The molecule has 2 N–H and O–H groups in total. The van der Waals surface area contributed by atoms with Crippen LogP contribution in [0.15, 0.2) is 12.1 Å². The Morgan fingerprint density at radius 3 is 2.29 bits per heavy atom. The number of rotatable bonds is 3. The van der Waals surface area contributed by atoms with Crippen LogP contribution in [-0.2, 0) is 11.2 Å². The average molecular weight is 303 g/mol. The second-order valence-electron chi connectivity index (χ2n) is 5.27. The quantitative estimate of drug-likeness (QED) is 0.861. The van der Waals surface area contributed by atoms with Crippen molar-refractivity contribution in [2.45, 2.75) is 34.1 Å². The number of aryl methyl sites for hydroxylation is 3. The first-order valence-corrected chi connectivity index (χ1v) is 7.80. The summed E-state index contributed by atoms with van der Waals surface area (Å²) >= 11 is 1.43. The van der Waals surface area contributed by atoms with Crippen molar-refractivity contribution < 1.29 is 9.53 Å². The Balaban J connectivity index is 2.73. The van der Waals surface area contributed by atoms with Crippen LogP contribution in [0.2, 0.25) is 0 Å². The molecule has 0 aliphatic heterocycles. The number of carbonyl (C=O) groups excluding carboxylic acids is 1. The van der Waals surface area contributed by atoms with Crippen LogP contribution < -0.4 is 5.73 Å². The number of anilines is 1. The lowest BCUT2D eigenvalue weighted by Crippen LogP contribution is -2.02. The fourth-order valence-electron chi connectivity index (χ4n) is 2.81.